The van der Waals surface area contributed by atoms with E-state index in [-0.39, 0.29) is 10.7 Å². The van der Waals surface area contributed by atoms with Crippen molar-refractivity contribution < 1.29 is 9.53 Å². The molecule has 3 aromatic rings. The lowest BCUT2D eigenvalue weighted by Gasteiger charge is -2.14. The number of benzene rings is 2. The molecule has 2 aromatic carbocycles. The van der Waals surface area contributed by atoms with Crippen molar-refractivity contribution in [2.24, 2.45) is 5.73 Å². The van der Waals surface area contributed by atoms with Crippen LogP contribution >= 0.6 is 11.6 Å². The first-order valence-electron chi connectivity index (χ1n) is 9.05. The molecule has 0 radical (unpaired) electrons. The fraction of sp³-hybridized carbons (Fsp3) is 0.167. The molecule has 4 nitrogen and oxygen atoms in total. The van der Waals surface area contributed by atoms with Crippen LogP contribution in [-0.4, -0.2) is 23.6 Å². The molecule has 2 N–H and O–H groups in total. The molecular formula is C24H21ClN2O2. The fourth-order valence-electron chi connectivity index (χ4n) is 2.87. The van der Waals surface area contributed by atoms with Gasteiger partial charge >= 0.3 is 0 Å². The third-order valence-electron chi connectivity index (χ3n) is 4.58. The van der Waals surface area contributed by atoms with Crippen LogP contribution < -0.4 is 5.73 Å². The molecular weight excluding hydrogens is 384 g/mol. The van der Waals surface area contributed by atoms with Crippen molar-refractivity contribution >= 4 is 17.5 Å². The number of nitrogens with two attached hydrogens (primary N) is 1. The van der Waals surface area contributed by atoms with Crippen molar-refractivity contribution in [2.45, 2.75) is 19.4 Å². The minimum absolute atomic E-state index is 0.0937. The maximum atomic E-state index is 12.0. The first-order valence-corrected chi connectivity index (χ1v) is 9.42. The smallest absolute Gasteiger partial charge is 0.252 e. The quantitative estimate of drug-likeness (QED) is 0.494. The molecule has 1 heterocycles. The summed E-state index contributed by atoms with van der Waals surface area (Å²) in [5.74, 6) is 5.62. The number of halogens is 1. The standard InChI is InChI=1S/C24H21ClN2O2/c1-24(2,29-3)14-12-16-8-10-17(11-9-16)18-6-4-5-7-19(18)20-13-15-27-22(25)21(20)23(26)28/h4-11,13,15H,1-3H3,(H2,26,28). The number of aromatic nitrogens is 1. The summed E-state index contributed by atoms with van der Waals surface area (Å²) in [7, 11) is 1.64. The average Bonchev–Trinajstić information content (AvgIpc) is 2.72. The Morgan fingerprint density at radius 1 is 1.03 bits per heavy atom. The van der Waals surface area contributed by atoms with Crippen LogP contribution in [0.25, 0.3) is 22.3 Å². The molecule has 0 aliphatic heterocycles. The molecule has 0 fully saturated rings. The molecule has 0 saturated heterocycles. The van der Waals surface area contributed by atoms with Gasteiger partial charge in [0.05, 0.1) is 5.56 Å². The van der Waals surface area contributed by atoms with Gasteiger partial charge in [0, 0.05) is 18.9 Å². The van der Waals surface area contributed by atoms with Crippen molar-refractivity contribution in [1.82, 2.24) is 4.98 Å². The predicted molar refractivity (Wildman–Crippen MR) is 117 cm³/mol. The van der Waals surface area contributed by atoms with Crippen molar-refractivity contribution in [3.05, 3.63) is 77.1 Å². The SMILES string of the molecule is COC(C)(C)C#Cc1ccc(-c2ccccc2-c2ccnc(Cl)c2C(N)=O)cc1. The maximum absolute atomic E-state index is 12.0. The van der Waals surface area contributed by atoms with E-state index < -0.39 is 11.5 Å². The number of rotatable bonds is 4. The Labute approximate surface area is 175 Å². The second kappa shape index (κ2) is 8.48. The number of nitrogens with zero attached hydrogens (tertiary/aromatic N) is 1. The van der Waals surface area contributed by atoms with Crippen molar-refractivity contribution in [2.75, 3.05) is 7.11 Å². The van der Waals surface area contributed by atoms with Gasteiger partial charge in [-0.25, -0.2) is 4.98 Å². The number of carbonyl (C=O) groups is 1. The topological polar surface area (TPSA) is 65.2 Å². The van der Waals surface area contributed by atoms with E-state index in [2.05, 4.69) is 16.8 Å². The lowest BCUT2D eigenvalue weighted by molar-refractivity contribution is 0.0741. The first-order chi connectivity index (χ1) is 13.8. The molecule has 0 atom stereocenters. The number of carbonyl (C=O) groups excluding carboxylic acids is 1. The molecule has 1 aromatic heterocycles. The lowest BCUT2D eigenvalue weighted by atomic mass is 9.92. The maximum Gasteiger partial charge on any atom is 0.252 e. The van der Waals surface area contributed by atoms with E-state index in [1.165, 1.54) is 0 Å². The molecule has 0 spiro atoms. The largest absolute Gasteiger partial charge is 0.366 e. The van der Waals surface area contributed by atoms with Crippen LogP contribution in [0.1, 0.15) is 29.8 Å². The van der Waals surface area contributed by atoms with Crippen molar-refractivity contribution in [3.8, 4) is 34.1 Å². The number of hydrogen-bond donors (Lipinski definition) is 1. The lowest BCUT2D eigenvalue weighted by Crippen LogP contribution is -2.19. The molecule has 3 rings (SSSR count). The number of methoxy groups -OCH3 is 1. The van der Waals surface area contributed by atoms with Crippen LogP contribution in [-0.2, 0) is 4.74 Å². The molecule has 0 saturated carbocycles. The molecule has 5 heteroatoms. The zero-order valence-corrected chi connectivity index (χ0v) is 17.2. The highest BCUT2D eigenvalue weighted by molar-refractivity contribution is 6.33. The van der Waals surface area contributed by atoms with Gasteiger partial charge in [0.2, 0.25) is 0 Å². The number of primary amides is 1. The molecule has 29 heavy (non-hydrogen) atoms. The van der Waals surface area contributed by atoms with Gasteiger partial charge in [0.1, 0.15) is 10.8 Å². The highest BCUT2D eigenvalue weighted by atomic mass is 35.5. The van der Waals surface area contributed by atoms with Crippen LogP contribution in [0.5, 0.6) is 0 Å². The normalized spacial score (nSPS) is 10.9. The Balaban J connectivity index is 2.06. The Morgan fingerprint density at radius 3 is 2.31 bits per heavy atom. The van der Waals surface area contributed by atoms with E-state index in [1.807, 2.05) is 62.4 Å². The van der Waals surface area contributed by atoms with E-state index >= 15 is 0 Å². The van der Waals surface area contributed by atoms with Crippen molar-refractivity contribution in [3.63, 3.8) is 0 Å². The molecule has 146 valence electrons. The van der Waals surface area contributed by atoms with Crippen LogP contribution in [0, 0.1) is 11.8 Å². The number of pyridine rings is 1. The van der Waals surface area contributed by atoms with Gasteiger partial charge in [-0.05, 0) is 54.3 Å². The van der Waals surface area contributed by atoms with Crippen LogP contribution in [0.4, 0.5) is 0 Å². The minimum atomic E-state index is -0.612. The summed E-state index contributed by atoms with van der Waals surface area (Å²) in [5.41, 5.74) is 9.60. The summed E-state index contributed by atoms with van der Waals surface area (Å²) in [5, 5.41) is 0.0937. The molecule has 0 aliphatic rings. The molecule has 1 amide bonds. The summed E-state index contributed by atoms with van der Waals surface area (Å²) in [6.07, 6.45) is 1.57. The highest BCUT2D eigenvalue weighted by Crippen LogP contribution is 2.35. The van der Waals surface area contributed by atoms with E-state index in [0.29, 0.717) is 5.56 Å². The van der Waals surface area contributed by atoms with Gasteiger partial charge in [-0.2, -0.15) is 0 Å². The van der Waals surface area contributed by atoms with Crippen LogP contribution in [0.15, 0.2) is 60.8 Å². The summed E-state index contributed by atoms with van der Waals surface area (Å²) in [4.78, 5) is 15.9. The van der Waals surface area contributed by atoms with E-state index in [4.69, 9.17) is 22.1 Å². The number of amides is 1. The first kappa shape index (κ1) is 20.6. The number of hydrogen-bond acceptors (Lipinski definition) is 3. The number of ether oxygens (including phenoxy) is 1. The average molecular weight is 405 g/mol. The third-order valence-corrected chi connectivity index (χ3v) is 4.87. The Hall–Kier alpha value is -3.13. The Kier molecular flexibility index (Phi) is 6.03. The highest BCUT2D eigenvalue weighted by Gasteiger charge is 2.18. The van der Waals surface area contributed by atoms with E-state index in [9.17, 15) is 4.79 Å². The van der Waals surface area contributed by atoms with Crippen LogP contribution in [0.3, 0.4) is 0 Å². The van der Waals surface area contributed by atoms with Gasteiger partial charge in [-0.15, -0.1) is 0 Å². The van der Waals surface area contributed by atoms with Gasteiger partial charge in [-0.1, -0.05) is 59.8 Å². The van der Waals surface area contributed by atoms with E-state index in [0.717, 1.165) is 22.3 Å². The molecule has 0 unspecified atom stereocenters. The molecule has 0 bridgehead atoms. The Morgan fingerprint density at radius 2 is 1.69 bits per heavy atom. The summed E-state index contributed by atoms with van der Waals surface area (Å²) in [6.45, 7) is 3.83. The zero-order valence-electron chi connectivity index (χ0n) is 16.5. The predicted octanol–water partition coefficient (Wildman–Crippen LogP) is 4.94. The minimum Gasteiger partial charge on any atom is -0.366 e. The van der Waals surface area contributed by atoms with Gasteiger partial charge in [0.25, 0.3) is 5.91 Å². The second-order valence-electron chi connectivity index (χ2n) is 6.98. The molecule has 0 aliphatic carbocycles. The van der Waals surface area contributed by atoms with Gasteiger partial charge in [0.15, 0.2) is 0 Å². The van der Waals surface area contributed by atoms with Gasteiger partial charge in [-0.3, -0.25) is 4.79 Å². The Bertz CT molecular complexity index is 1110. The summed E-state index contributed by atoms with van der Waals surface area (Å²) < 4.78 is 5.33. The van der Waals surface area contributed by atoms with Crippen molar-refractivity contribution in [1.29, 1.82) is 0 Å². The summed E-state index contributed by atoms with van der Waals surface area (Å²) >= 11 is 6.14. The summed E-state index contributed by atoms with van der Waals surface area (Å²) in [6, 6.07) is 17.4. The van der Waals surface area contributed by atoms with E-state index in [1.54, 1.807) is 19.4 Å². The monoisotopic (exact) mass is 404 g/mol. The second-order valence-corrected chi connectivity index (χ2v) is 7.33. The fourth-order valence-corrected chi connectivity index (χ4v) is 3.12. The van der Waals surface area contributed by atoms with Gasteiger partial charge < -0.3 is 10.5 Å². The van der Waals surface area contributed by atoms with Crippen LogP contribution in [0.2, 0.25) is 5.15 Å². The third kappa shape index (κ3) is 4.65. The zero-order chi connectivity index (χ0) is 21.0.